The van der Waals surface area contributed by atoms with Crippen molar-refractivity contribution in [3.63, 3.8) is 0 Å². The molecule has 3 aromatic rings. The molecule has 0 atom stereocenters. The van der Waals surface area contributed by atoms with E-state index in [9.17, 15) is 9.90 Å². The molecule has 0 radical (unpaired) electrons. The number of cyclic esters (lactones) is 1. The van der Waals surface area contributed by atoms with Gasteiger partial charge in [-0.1, -0.05) is 45.7 Å². The quantitative estimate of drug-likeness (QED) is 0.436. The number of ether oxygens (including phenoxy) is 1. The highest BCUT2D eigenvalue weighted by Gasteiger charge is 2.28. The van der Waals surface area contributed by atoms with E-state index in [1.54, 1.807) is 12.1 Å². The van der Waals surface area contributed by atoms with Gasteiger partial charge in [0.2, 0.25) is 5.90 Å². The number of benzene rings is 2. The minimum atomic E-state index is -0.581. The van der Waals surface area contributed by atoms with Crippen LogP contribution in [0.5, 0.6) is 5.75 Å². The van der Waals surface area contributed by atoms with Crippen LogP contribution in [0, 0.1) is 0 Å². The number of aromatic hydroxyl groups is 1. The predicted octanol–water partition coefficient (Wildman–Crippen LogP) is 5.37. The summed E-state index contributed by atoms with van der Waals surface area (Å²) in [5.74, 6) is -0.355. The first kappa shape index (κ1) is 16.3. The first-order chi connectivity index (χ1) is 12.0. The van der Waals surface area contributed by atoms with Crippen molar-refractivity contribution in [2.24, 2.45) is 4.99 Å². The van der Waals surface area contributed by atoms with E-state index < -0.39 is 5.97 Å². The van der Waals surface area contributed by atoms with Gasteiger partial charge in [-0.2, -0.15) is 0 Å². The molecule has 0 saturated heterocycles. The second-order valence-electron chi connectivity index (χ2n) is 5.28. The molecule has 7 heteroatoms. The Kier molecular flexibility index (Phi) is 4.11. The van der Waals surface area contributed by atoms with Crippen molar-refractivity contribution in [3.8, 4) is 5.75 Å². The van der Waals surface area contributed by atoms with Crippen LogP contribution in [-0.2, 0) is 9.53 Å². The van der Waals surface area contributed by atoms with Gasteiger partial charge in [0.25, 0.3) is 0 Å². The number of phenolic OH excluding ortho intramolecular Hbond substituents is 1. The van der Waals surface area contributed by atoms with Gasteiger partial charge < -0.3 is 9.84 Å². The molecule has 4 rings (SSSR count). The summed E-state index contributed by atoms with van der Waals surface area (Å²) in [5.41, 5.74) is 0.575. The number of nitrogens with zero attached hydrogens (tertiary/aromatic N) is 1. The Morgan fingerprint density at radius 3 is 2.84 bits per heavy atom. The largest absolute Gasteiger partial charge is 0.507 e. The summed E-state index contributed by atoms with van der Waals surface area (Å²) in [6.07, 6.45) is 1.48. The van der Waals surface area contributed by atoms with Crippen LogP contribution in [0.1, 0.15) is 10.4 Å². The SMILES string of the molecule is O=C1OC(c2sc3ccccc3c2Cl)=N/C1=C/c1cc(Br)ccc1O. The van der Waals surface area contributed by atoms with Crippen molar-refractivity contribution in [1.29, 1.82) is 0 Å². The number of aliphatic imine (C=N–C) groups is 1. The van der Waals surface area contributed by atoms with E-state index in [0.717, 1.165) is 14.6 Å². The molecule has 4 nitrogen and oxygen atoms in total. The van der Waals surface area contributed by atoms with E-state index in [1.165, 1.54) is 23.5 Å². The van der Waals surface area contributed by atoms with E-state index in [0.29, 0.717) is 15.5 Å². The maximum absolute atomic E-state index is 12.1. The normalized spacial score (nSPS) is 15.7. The Morgan fingerprint density at radius 1 is 1.24 bits per heavy atom. The third kappa shape index (κ3) is 2.97. The number of halogens is 2. The molecule has 0 aliphatic carbocycles. The molecule has 0 amide bonds. The van der Waals surface area contributed by atoms with Crippen molar-refractivity contribution in [1.82, 2.24) is 0 Å². The van der Waals surface area contributed by atoms with Crippen LogP contribution in [0.25, 0.3) is 16.2 Å². The van der Waals surface area contributed by atoms with Gasteiger partial charge in [-0.15, -0.1) is 11.3 Å². The second kappa shape index (κ2) is 6.29. The monoisotopic (exact) mass is 433 g/mol. The maximum atomic E-state index is 12.1. The molecule has 2 heterocycles. The van der Waals surface area contributed by atoms with Gasteiger partial charge in [-0.3, -0.25) is 0 Å². The van der Waals surface area contributed by atoms with Crippen molar-refractivity contribution in [3.05, 3.63) is 68.1 Å². The van der Waals surface area contributed by atoms with E-state index in [4.69, 9.17) is 16.3 Å². The molecular formula is C18H9BrClNO3S. The van der Waals surface area contributed by atoms with Gasteiger partial charge in [-0.25, -0.2) is 9.79 Å². The Balaban J connectivity index is 1.78. The lowest BCUT2D eigenvalue weighted by molar-refractivity contribution is -0.129. The van der Waals surface area contributed by atoms with E-state index in [1.807, 2.05) is 24.3 Å². The fourth-order valence-corrected chi connectivity index (χ4v) is 4.26. The second-order valence-corrected chi connectivity index (χ2v) is 7.63. The third-order valence-corrected chi connectivity index (χ3v) is 5.79. The topological polar surface area (TPSA) is 58.9 Å². The van der Waals surface area contributed by atoms with E-state index in [-0.39, 0.29) is 17.3 Å². The van der Waals surface area contributed by atoms with Crippen LogP contribution in [0.2, 0.25) is 5.02 Å². The number of thiophene rings is 1. The Bertz CT molecular complexity index is 1090. The molecule has 0 bridgehead atoms. The van der Waals surface area contributed by atoms with Gasteiger partial charge >= 0.3 is 5.97 Å². The van der Waals surface area contributed by atoms with Crippen LogP contribution in [0.3, 0.4) is 0 Å². The molecule has 124 valence electrons. The maximum Gasteiger partial charge on any atom is 0.363 e. The van der Waals surface area contributed by atoms with Crippen LogP contribution < -0.4 is 0 Å². The molecular weight excluding hydrogens is 426 g/mol. The Labute approximate surface area is 160 Å². The fraction of sp³-hybridized carbons (Fsp3) is 0. The summed E-state index contributed by atoms with van der Waals surface area (Å²) in [6.45, 7) is 0. The summed E-state index contributed by atoms with van der Waals surface area (Å²) in [4.78, 5) is 17.0. The van der Waals surface area contributed by atoms with Crippen LogP contribution in [0.15, 0.2) is 57.6 Å². The van der Waals surface area contributed by atoms with Crippen LogP contribution in [-0.4, -0.2) is 17.0 Å². The molecule has 1 aliphatic heterocycles. The molecule has 0 saturated carbocycles. The van der Waals surface area contributed by atoms with E-state index in [2.05, 4.69) is 20.9 Å². The number of carbonyl (C=O) groups excluding carboxylic acids is 1. The molecule has 0 unspecified atom stereocenters. The number of esters is 1. The minimum Gasteiger partial charge on any atom is -0.507 e. The van der Waals surface area contributed by atoms with Gasteiger partial charge in [0.1, 0.15) is 10.6 Å². The summed E-state index contributed by atoms with van der Waals surface area (Å²) < 4.78 is 7.06. The first-order valence-corrected chi connectivity index (χ1v) is 9.20. The molecule has 0 fully saturated rings. The number of rotatable bonds is 2. The van der Waals surface area contributed by atoms with Gasteiger partial charge in [0.05, 0.1) is 5.02 Å². The van der Waals surface area contributed by atoms with Crippen LogP contribution in [0.4, 0.5) is 0 Å². The van der Waals surface area contributed by atoms with Gasteiger partial charge in [-0.05, 0) is 30.3 Å². The van der Waals surface area contributed by atoms with Crippen molar-refractivity contribution in [2.75, 3.05) is 0 Å². The zero-order chi connectivity index (χ0) is 17.6. The van der Waals surface area contributed by atoms with Crippen molar-refractivity contribution >= 4 is 66.9 Å². The van der Waals surface area contributed by atoms with Gasteiger partial charge in [0, 0.05) is 20.1 Å². The molecule has 1 aromatic heterocycles. The number of hydrogen-bond acceptors (Lipinski definition) is 5. The lowest BCUT2D eigenvalue weighted by Gasteiger charge is -1.99. The zero-order valence-corrected chi connectivity index (χ0v) is 15.7. The summed E-state index contributed by atoms with van der Waals surface area (Å²) >= 11 is 11.2. The summed E-state index contributed by atoms with van der Waals surface area (Å²) in [6, 6.07) is 12.6. The molecule has 1 aliphatic rings. The minimum absolute atomic E-state index is 0.0482. The summed E-state index contributed by atoms with van der Waals surface area (Å²) in [5, 5.41) is 11.3. The highest BCUT2D eigenvalue weighted by Crippen LogP contribution is 2.37. The standard InChI is InChI=1S/C18H9BrClNO3S/c19-10-5-6-13(22)9(7-10)8-12-18(23)24-17(21-12)16-15(20)11-3-1-2-4-14(11)25-16/h1-8,22H/b12-8+. The Hall–Kier alpha value is -2.15. The lowest BCUT2D eigenvalue weighted by Crippen LogP contribution is -2.04. The van der Waals surface area contributed by atoms with Crippen molar-refractivity contribution in [2.45, 2.75) is 0 Å². The number of hydrogen-bond donors (Lipinski definition) is 1. The van der Waals surface area contributed by atoms with Crippen molar-refractivity contribution < 1.29 is 14.6 Å². The molecule has 1 N–H and O–H groups in total. The number of phenols is 1. The summed E-state index contributed by atoms with van der Waals surface area (Å²) in [7, 11) is 0. The fourth-order valence-electron chi connectivity index (χ4n) is 2.45. The average molecular weight is 435 g/mol. The smallest absolute Gasteiger partial charge is 0.363 e. The first-order valence-electron chi connectivity index (χ1n) is 7.21. The third-order valence-electron chi connectivity index (χ3n) is 3.63. The van der Waals surface area contributed by atoms with Gasteiger partial charge in [0.15, 0.2) is 5.70 Å². The highest BCUT2D eigenvalue weighted by molar-refractivity contribution is 9.10. The average Bonchev–Trinajstić information content (AvgIpc) is 3.12. The lowest BCUT2D eigenvalue weighted by atomic mass is 10.1. The number of fused-ring (bicyclic) bond motifs is 1. The number of carbonyl (C=O) groups is 1. The Morgan fingerprint density at radius 2 is 2.04 bits per heavy atom. The highest BCUT2D eigenvalue weighted by atomic mass is 79.9. The zero-order valence-electron chi connectivity index (χ0n) is 12.5. The van der Waals surface area contributed by atoms with Crippen LogP contribution >= 0.6 is 38.9 Å². The van der Waals surface area contributed by atoms with E-state index >= 15 is 0 Å². The molecule has 25 heavy (non-hydrogen) atoms. The predicted molar refractivity (Wildman–Crippen MR) is 103 cm³/mol. The molecule has 2 aromatic carbocycles. The molecule has 0 spiro atoms.